The Morgan fingerprint density at radius 3 is 2.64 bits per heavy atom. The first-order chi connectivity index (χ1) is 5.35. The molecule has 0 radical (unpaired) electrons. The lowest BCUT2D eigenvalue weighted by atomic mass is 10.2. The molecule has 0 aromatic carbocycles. The van der Waals surface area contributed by atoms with Crippen LogP contribution in [0.5, 0.6) is 0 Å². The summed E-state index contributed by atoms with van der Waals surface area (Å²) >= 11 is 0. The van der Waals surface area contributed by atoms with Gasteiger partial charge >= 0.3 is 0 Å². The molecule has 11 heavy (non-hydrogen) atoms. The van der Waals surface area contributed by atoms with Gasteiger partial charge in [0.25, 0.3) is 0 Å². The van der Waals surface area contributed by atoms with E-state index in [0.717, 1.165) is 18.8 Å². The molecule has 0 amide bonds. The van der Waals surface area contributed by atoms with Crippen molar-refractivity contribution in [3.63, 3.8) is 0 Å². The molecule has 0 fully saturated rings. The third kappa shape index (κ3) is 5.71. The van der Waals surface area contributed by atoms with E-state index in [-0.39, 0.29) is 0 Å². The molecule has 0 aliphatic rings. The fourth-order valence-electron chi connectivity index (χ4n) is 0.871. The van der Waals surface area contributed by atoms with Crippen LogP contribution in [0.15, 0.2) is 24.5 Å². The van der Waals surface area contributed by atoms with Crippen LogP contribution in [0.1, 0.15) is 33.1 Å². The molecule has 0 rings (SSSR count). The van der Waals surface area contributed by atoms with Crippen LogP contribution in [0.25, 0.3) is 0 Å². The van der Waals surface area contributed by atoms with Gasteiger partial charge in [0.1, 0.15) is 0 Å². The number of rotatable bonds is 6. The summed E-state index contributed by atoms with van der Waals surface area (Å²) in [6.45, 7) is 8.57. The van der Waals surface area contributed by atoms with Crippen LogP contribution >= 0.6 is 0 Å². The average Bonchev–Trinajstić information content (AvgIpc) is 2.01. The summed E-state index contributed by atoms with van der Waals surface area (Å²) in [5.41, 5.74) is 0. The van der Waals surface area contributed by atoms with Gasteiger partial charge in [0.05, 0.1) is 12.4 Å². The minimum absolute atomic E-state index is 0.753. The SMILES string of the molecule is C=C/C=C(/CCCC)OCC. The summed E-state index contributed by atoms with van der Waals surface area (Å²) < 4.78 is 5.37. The van der Waals surface area contributed by atoms with E-state index in [1.54, 1.807) is 6.08 Å². The van der Waals surface area contributed by atoms with E-state index in [1.165, 1.54) is 12.8 Å². The predicted octanol–water partition coefficient (Wildman–Crippen LogP) is 3.28. The molecular formula is C10H18O. The van der Waals surface area contributed by atoms with Crippen molar-refractivity contribution >= 4 is 0 Å². The van der Waals surface area contributed by atoms with Crippen molar-refractivity contribution in [2.75, 3.05) is 6.61 Å². The number of allylic oxidation sites excluding steroid dienone is 3. The van der Waals surface area contributed by atoms with Gasteiger partial charge in [-0.15, -0.1) is 0 Å². The number of ether oxygens (including phenoxy) is 1. The zero-order valence-electron chi connectivity index (χ0n) is 7.60. The monoisotopic (exact) mass is 154 g/mol. The first-order valence-corrected chi connectivity index (χ1v) is 4.29. The summed E-state index contributed by atoms with van der Waals surface area (Å²) in [6, 6.07) is 0. The van der Waals surface area contributed by atoms with Gasteiger partial charge in [0.2, 0.25) is 0 Å². The lowest BCUT2D eigenvalue weighted by Gasteiger charge is -2.06. The first-order valence-electron chi connectivity index (χ1n) is 4.29. The Balaban J connectivity index is 3.69. The first kappa shape index (κ1) is 10.3. The molecule has 0 aromatic heterocycles. The third-order valence-electron chi connectivity index (χ3n) is 1.41. The molecule has 1 nitrogen and oxygen atoms in total. The lowest BCUT2D eigenvalue weighted by molar-refractivity contribution is 0.217. The van der Waals surface area contributed by atoms with Crippen molar-refractivity contribution < 1.29 is 4.74 Å². The predicted molar refractivity (Wildman–Crippen MR) is 49.4 cm³/mol. The van der Waals surface area contributed by atoms with Crippen LogP contribution in [-0.4, -0.2) is 6.61 Å². The Hall–Kier alpha value is -0.720. The van der Waals surface area contributed by atoms with Gasteiger partial charge in [0, 0.05) is 6.42 Å². The maximum absolute atomic E-state index is 5.37. The zero-order valence-corrected chi connectivity index (χ0v) is 7.60. The Kier molecular flexibility index (Phi) is 6.90. The topological polar surface area (TPSA) is 9.23 Å². The quantitative estimate of drug-likeness (QED) is 0.421. The molecule has 0 spiro atoms. The van der Waals surface area contributed by atoms with E-state index in [9.17, 15) is 0 Å². The van der Waals surface area contributed by atoms with Gasteiger partial charge in [0.15, 0.2) is 0 Å². The molecule has 0 aromatic rings. The molecule has 0 N–H and O–H groups in total. The highest BCUT2D eigenvalue weighted by molar-refractivity contribution is 5.04. The molecule has 0 heterocycles. The van der Waals surface area contributed by atoms with E-state index >= 15 is 0 Å². The molecule has 0 aliphatic heterocycles. The maximum Gasteiger partial charge on any atom is 0.0959 e. The summed E-state index contributed by atoms with van der Waals surface area (Å²) in [7, 11) is 0. The lowest BCUT2D eigenvalue weighted by Crippen LogP contribution is -1.91. The highest BCUT2D eigenvalue weighted by Crippen LogP contribution is 2.08. The van der Waals surface area contributed by atoms with Gasteiger partial charge in [-0.1, -0.05) is 26.0 Å². The van der Waals surface area contributed by atoms with Crippen molar-refractivity contribution in [3.05, 3.63) is 24.5 Å². The van der Waals surface area contributed by atoms with Crippen LogP contribution in [0.3, 0.4) is 0 Å². The van der Waals surface area contributed by atoms with Crippen LogP contribution in [0.2, 0.25) is 0 Å². The van der Waals surface area contributed by atoms with Crippen molar-refractivity contribution in [2.24, 2.45) is 0 Å². The molecule has 0 saturated carbocycles. The van der Waals surface area contributed by atoms with Crippen molar-refractivity contribution in [3.8, 4) is 0 Å². The van der Waals surface area contributed by atoms with Gasteiger partial charge in [-0.05, 0) is 19.4 Å². The van der Waals surface area contributed by atoms with Crippen LogP contribution < -0.4 is 0 Å². The zero-order chi connectivity index (χ0) is 8.53. The summed E-state index contributed by atoms with van der Waals surface area (Å²) in [6.07, 6.45) is 7.16. The highest BCUT2D eigenvalue weighted by Gasteiger charge is 1.93. The fraction of sp³-hybridized carbons (Fsp3) is 0.600. The molecule has 0 unspecified atom stereocenters. The average molecular weight is 154 g/mol. The van der Waals surface area contributed by atoms with Crippen LogP contribution in [0, 0.1) is 0 Å². The second-order valence-corrected chi connectivity index (χ2v) is 2.41. The Morgan fingerprint density at radius 2 is 2.18 bits per heavy atom. The van der Waals surface area contributed by atoms with Gasteiger partial charge in [-0.3, -0.25) is 0 Å². The molecule has 0 atom stereocenters. The molecule has 1 heteroatoms. The Bertz CT molecular complexity index is 125. The summed E-state index contributed by atoms with van der Waals surface area (Å²) in [4.78, 5) is 0. The minimum atomic E-state index is 0.753. The standard InChI is InChI=1S/C10H18O/c1-4-7-9-10(8-5-2)11-6-3/h5,8H,2,4,6-7,9H2,1,3H3/b10-8-. The Labute approximate surface area is 69.8 Å². The maximum atomic E-state index is 5.37. The summed E-state index contributed by atoms with van der Waals surface area (Å²) in [5, 5.41) is 0. The van der Waals surface area contributed by atoms with Crippen LogP contribution in [-0.2, 0) is 4.74 Å². The normalized spacial score (nSPS) is 11.3. The number of hydrogen-bond donors (Lipinski definition) is 0. The number of hydrogen-bond acceptors (Lipinski definition) is 1. The van der Waals surface area contributed by atoms with E-state index in [1.807, 2.05) is 13.0 Å². The minimum Gasteiger partial charge on any atom is -0.498 e. The largest absolute Gasteiger partial charge is 0.498 e. The molecule has 0 aliphatic carbocycles. The molecule has 64 valence electrons. The Morgan fingerprint density at radius 1 is 1.45 bits per heavy atom. The summed E-state index contributed by atoms with van der Waals surface area (Å²) in [5.74, 6) is 1.06. The third-order valence-corrected chi connectivity index (χ3v) is 1.41. The second-order valence-electron chi connectivity index (χ2n) is 2.41. The second kappa shape index (κ2) is 7.39. The van der Waals surface area contributed by atoms with Gasteiger partial charge in [-0.25, -0.2) is 0 Å². The molecular weight excluding hydrogens is 136 g/mol. The fourth-order valence-corrected chi connectivity index (χ4v) is 0.871. The smallest absolute Gasteiger partial charge is 0.0959 e. The number of unbranched alkanes of at least 4 members (excludes halogenated alkanes) is 1. The molecule has 0 bridgehead atoms. The van der Waals surface area contributed by atoms with E-state index in [0.29, 0.717) is 0 Å². The molecule has 0 saturated heterocycles. The van der Waals surface area contributed by atoms with Gasteiger partial charge < -0.3 is 4.74 Å². The van der Waals surface area contributed by atoms with E-state index in [4.69, 9.17) is 4.74 Å². The highest BCUT2D eigenvalue weighted by atomic mass is 16.5. The van der Waals surface area contributed by atoms with E-state index < -0.39 is 0 Å². The van der Waals surface area contributed by atoms with Crippen molar-refractivity contribution in [1.29, 1.82) is 0 Å². The van der Waals surface area contributed by atoms with Crippen LogP contribution in [0.4, 0.5) is 0 Å². The van der Waals surface area contributed by atoms with Gasteiger partial charge in [-0.2, -0.15) is 0 Å². The van der Waals surface area contributed by atoms with Crippen molar-refractivity contribution in [1.82, 2.24) is 0 Å². The van der Waals surface area contributed by atoms with Crippen molar-refractivity contribution in [2.45, 2.75) is 33.1 Å². The van der Waals surface area contributed by atoms with E-state index in [2.05, 4.69) is 13.5 Å².